The van der Waals surface area contributed by atoms with Gasteiger partial charge in [0.15, 0.2) is 0 Å². The maximum atomic E-state index is 12.9. The van der Waals surface area contributed by atoms with Crippen LogP contribution in [-0.4, -0.2) is 23.3 Å². The van der Waals surface area contributed by atoms with Gasteiger partial charge in [-0.2, -0.15) is 0 Å². The zero-order chi connectivity index (χ0) is 14.5. The third kappa shape index (κ3) is 3.57. The van der Waals surface area contributed by atoms with Crippen molar-refractivity contribution in [1.29, 1.82) is 0 Å². The lowest BCUT2D eigenvalue weighted by Crippen LogP contribution is -2.14. The van der Waals surface area contributed by atoms with Gasteiger partial charge in [0.05, 0.1) is 18.3 Å². The predicted molar refractivity (Wildman–Crippen MR) is 77.3 cm³/mol. The lowest BCUT2D eigenvalue weighted by Gasteiger charge is -2.16. The van der Waals surface area contributed by atoms with Gasteiger partial charge in [-0.3, -0.25) is 0 Å². The van der Waals surface area contributed by atoms with Crippen molar-refractivity contribution in [2.75, 3.05) is 19.0 Å². The monoisotopic (exact) mass is 277 g/mol. The summed E-state index contributed by atoms with van der Waals surface area (Å²) in [6.45, 7) is 5.27. The average molecular weight is 277 g/mol. The summed E-state index contributed by atoms with van der Waals surface area (Å²) >= 11 is 0. The van der Waals surface area contributed by atoms with E-state index in [9.17, 15) is 4.39 Å². The quantitative estimate of drug-likeness (QED) is 0.881. The molecule has 20 heavy (non-hydrogen) atoms. The molecule has 0 amide bonds. The number of hydrogen-bond acceptors (Lipinski definition) is 3. The number of aryl methyl sites for hydroxylation is 1. The Bertz CT molecular complexity index is 551. The molecule has 1 N–H and O–H groups in total. The van der Waals surface area contributed by atoms with E-state index in [1.807, 2.05) is 13.1 Å². The maximum Gasteiger partial charge on any atom is 0.203 e. The Morgan fingerprint density at radius 3 is 2.70 bits per heavy atom. The van der Waals surface area contributed by atoms with Gasteiger partial charge in [-0.05, 0) is 31.5 Å². The van der Waals surface area contributed by atoms with E-state index in [4.69, 9.17) is 4.74 Å². The topological polar surface area (TPSA) is 39.1 Å². The number of rotatable bonds is 6. The highest BCUT2D eigenvalue weighted by atomic mass is 19.1. The van der Waals surface area contributed by atoms with Gasteiger partial charge in [0.2, 0.25) is 5.95 Å². The first-order valence-electron chi connectivity index (χ1n) is 6.63. The third-order valence-corrected chi connectivity index (χ3v) is 3.10. The van der Waals surface area contributed by atoms with E-state index in [1.54, 1.807) is 19.2 Å². The van der Waals surface area contributed by atoms with Gasteiger partial charge in [0.25, 0.3) is 0 Å². The van der Waals surface area contributed by atoms with E-state index in [-0.39, 0.29) is 11.9 Å². The molecule has 1 unspecified atom stereocenters. The summed E-state index contributed by atoms with van der Waals surface area (Å²) in [5.41, 5.74) is 1.97. The van der Waals surface area contributed by atoms with Crippen LogP contribution in [0.2, 0.25) is 0 Å². The van der Waals surface area contributed by atoms with Crippen LogP contribution in [-0.2, 0) is 11.3 Å². The highest BCUT2D eigenvalue weighted by Crippen LogP contribution is 2.17. The van der Waals surface area contributed by atoms with E-state index >= 15 is 0 Å². The first-order valence-corrected chi connectivity index (χ1v) is 6.63. The molecule has 0 fully saturated rings. The van der Waals surface area contributed by atoms with Gasteiger partial charge in [-0.15, -0.1) is 0 Å². The van der Waals surface area contributed by atoms with Crippen LogP contribution in [0.15, 0.2) is 30.5 Å². The molecule has 2 rings (SSSR count). The Hall–Kier alpha value is -1.88. The molecule has 1 aromatic heterocycles. The van der Waals surface area contributed by atoms with Gasteiger partial charge in [-0.25, -0.2) is 9.37 Å². The van der Waals surface area contributed by atoms with E-state index in [1.165, 1.54) is 12.1 Å². The van der Waals surface area contributed by atoms with Crippen LogP contribution in [0.25, 0.3) is 0 Å². The molecule has 0 radical (unpaired) electrons. The highest BCUT2D eigenvalue weighted by molar-refractivity contribution is 5.31. The van der Waals surface area contributed by atoms with Crippen molar-refractivity contribution in [1.82, 2.24) is 9.55 Å². The van der Waals surface area contributed by atoms with Gasteiger partial charge >= 0.3 is 0 Å². The first-order chi connectivity index (χ1) is 9.60. The number of ether oxygens (including phenoxy) is 1. The number of imidazole rings is 1. The Labute approximate surface area is 118 Å². The number of nitrogens with zero attached hydrogens (tertiary/aromatic N) is 2. The van der Waals surface area contributed by atoms with Crippen molar-refractivity contribution in [3.05, 3.63) is 47.5 Å². The summed E-state index contributed by atoms with van der Waals surface area (Å²) in [6.07, 6.45) is 2.00. The second-order valence-corrected chi connectivity index (χ2v) is 4.90. The summed E-state index contributed by atoms with van der Waals surface area (Å²) in [6, 6.07) is 6.66. The molecule has 0 spiro atoms. The number of nitrogens with one attached hydrogen (secondary N) is 1. The molecule has 0 saturated heterocycles. The number of anilines is 1. The van der Waals surface area contributed by atoms with Crippen LogP contribution in [0.1, 0.15) is 24.2 Å². The minimum atomic E-state index is -0.222. The zero-order valence-electron chi connectivity index (χ0n) is 12.1. The Kier molecular flexibility index (Phi) is 4.74. The standard InChI is InChI=1S/C15H20FN3O/c1-11-9-19(12(2)10-20-3)15(18-11)17-8-13-4-6-14(16)7-5-13/h4-7,9,12H,8,10H2,1-3H3,(H,17,18). The molecule has 2 aromatic rings. The van der Waals surface area contributed by atoms with Crippen LogP contribution in [0, 0.1) is 12.7 Å². The van der Waals surface area contributed by atoms with E-state index < -0.39 is 0 Å². The number of halogens is 1. The van der Waals surface area contributed by atoms with Crippen LogP contribution in [0.3, 0.4) is 0 Å². The molecular formula is C15H20FN3O. The van der Waals surface area contributed by atoms with Crippen molar-refractivity contribution < 1.29 is 9.13 Å². The lowest BCUT2D eigenvalue weighted by atomic mass is 10.2. The molecule has 1 atom stereocenters. The summed E-state index contributed by atoms with van der Waals surface area (Å²) in [5.74, 6) is 0.580. The second-order valence-electron chi connectivity index (χ2n) is 4.90. The molecule has 108 valence electrons. The summed E-state index contributed by atoms with van der Waals surface area (Å²) in [4.78, 5) is 4.47. The largest absolute Gasteiger partial charge is 0.383 e. The Balaban J connectivity index is 2.07. The normalized spacial score (nSPS) is 12.4. The van der Waals surface area contributed by atoms with Crippen LogP contribution >= 0.6 is 0 Å². The van der Waals surface area contributed by atoms with Gasteiger partial charge < -0.3 is 14.6 Å². The van der Waals surface area contributed by atoms with Crippen molar-refractivity contribution in [2.24, 2.45) is 0 Å². The molecule has 1 aromatic carbocycles. The maximum absolute atomic E-state index is 12.9. The van der Waals surface area contributed by atoms with Gasteiger partial charge in [0.1, 0.15) is 5.82 Å². The minimum Gasteiger partial charge on any atom is -0.383 e. The molecular weight excluding hydrogens is 257 g/mol. The van der Waals surface area contributed by atoms with Crippen LogP contribution < -0.4 is 5.32 Å². The van der Waals surface area contributed by atoms with E-state index in [0.717, 1.165) is 17.2 Å². The third-order valence-electron chi connectivity index (χ3n) is 3.10. The Morgan fingerprint density at radius 1 is 1.35 bits per heavy atom. The lowest BCUT2D eigenvalue weighted by molar-refractivity contribution is 0.163. The van der Waals surface area contributed by atoms with Gasteiger partial charge in [-0.1, -0.05) is 12.1 Å². The van der Waals surface area contributed by atoms with Crippen LogP contribution in [0.5, 0.6) is 0 Å². The molecule has 4 nitrogen and oxygen atoms in total. The predicted octanol–water partition coefficient (Wildman–Crippen LogP) is 3.15. The SMILES string of the molecule is COCC(C)n1cc(C)nc1NCc1ccc(F)cc1. The number of hydrogen-bond donors (Lipinski definition) is 1. The molecule has 0 aliphatic heterocycles. The smallest absolute Gasteiger partial charge is 0.203 e. The molecule has 1 heterocycles. The number of aromatic nitrogens is 2. The van der Waals surface area contributed by atoms with Crippen molar-refractivity contribution in [3.8, 4) is 0 Å². The molecule has 0 aliphatic rings. The van der Waals surface area contributed by atoms with Crippen molar-refractivity contribution in [3.63, 3.8) is 0 Å². The molecule has 0 saturated carbocycles. The minimum absolute atomic E-state index is 0.205. The van der Waals surface area contributed by atoms with E-state index in [2.05, 4.69) is 21.8 Å². The molecule has 5 heteroatoms. The van der Waals surface area contributed by atoms with Gasteiger partial charge in [0, 0.05) is 19.9 Å². The fraction of sp³-hybridized carbons (Fsp3) is 0.400. The van der Waals surface area contributed by atoms with Crippen molar-refractivity contribution >= 4 is 5.95 Å². The fourth-order valence-corrected chi connectivity index (χ4v) is 2.09. The summed E-state index contributed by atoms with van der Waals surface area (Å²) in [7, 11) is 1.69. The zero-order valence-corrected chi connectivity index (χ0v) is 12.1. The van der Waals surface area contributed by atoms with Crippen molar-refractivity contribution in [2.45, 2.75) is 26.4 Å². The average Bonchev–Trinajstić information content (AvgIpc) is 2.80. The molecule has 0 aliphatic carbocycles. The second kappa shape index (κ2) is 6.52. The van der Waals surface area contributed by atoms with E-state index in [0.29, 0.717) is 13.2 Å². The summed E-state index contributed by atoms with van der Waals surface area (Å²) in [5, 5.41) is 3.28. The number of benzene rings is 1. The number of methoxy groups -OCH3 is 1. The highest BCUT2D eigenvalue weighted by Gasteiger charge is 2.11. The fourth-order valence-electron chi connectivity index (χ4n) is 2.09. The Morgan fingerprint density at radius 2 is 2.05 bits per heavy atom. The first kappa shape index (κ1) is 14.5. The van der Waals surface area contributed by atoms with Crippen LogP contribution in [0.4, 0.5) is 10.3 Å². The summed E-state index contributed by atoms with van der Waals surface area (Å²) < 4.78 is 20.1. The molecule has 0 bridgehead atoms.